The summed E-state index contributed by atoms with van der Waals surface area (Å²) in [5.74, 6) is -3.13. The molecule has 1 aromatic rings. The van der Waals surface area contributed by atoms with Gasteiger partial charge in [0.2, 0.25) is 17.7 Å². The summed E-state index contributed by atoms with van der Waals surface area (Å²) in [6.07, 6.45) is 0.363. The van der Waals surface area contributed by atoms with Crippen molar-refractivity contribution in [1.82, 2.24) is 16.0 Å². The Balaban J connectivity index is 2.95. The van der Waals surface area contributed by atoms with Gasteiger partial charge >= 0.3 is 5.97 Å². The standard InChI is InChI=1S/C21H32N4O6/c1-12(2)9-17(21(30)31)25-20(29)16(10-14-7-5-4-6-8-14)24-18(27)13(3)23-19(28)15(22)11-26/h4-8,12-13,15-17,26H,9-11,22H2,1-3H3,(H,23,28)(H,24,27)(H,25,29)(H,30,31)/t13-,15-,16-,17-/m0/s1. The Morgan fingerprint density at radius 3 is 2.00 bits per heavy atom. The quantitative estimate of drug-likeness (QED) is 0.248. The maximum absolute atomic E-state index is 12.8. The number of carboxylic acids is 1. The molecule has 172 valence electrons. The molecule has 0 heterocycles. The zero-order chi connectivity index (χ0) is 23.6. The van der Waals surface area contributed by atoms with E-state index in [1.807, 2.05) is 19.9 Å². The number of nitrogens with one attached hydrogen (secondary N) is 3. The highest BCUT2D eigenvalue weighted by atomic mass is 16.4. The first-order valence-electron chi connectivity index (χ1n) is 10.1. The van der Waals surface area contributed by atoms with E-state index >= 15 is 0 Å². The minimum atomic E-state index is -1.17. The minimum Gasteiger partial charge on any atom is -0.480 e. The molecule has 0 fully saturated rings. The van der Waals surface area contributed by atoms with E-state index in [0.717, 1.165) is 5.56 Å². The predicted octanol–water partition coefficient (Wildman–Crippen LogP) is -0.846. The average molecular weight is 437 g/mol. The molecule has 0 aliphatic rings. The fourth-order valence-electron chi connectivity index (χ4n) is 2.79. The van der Waals surface area contributed by atoms with E-state index in [-0.39, 0.29) is 18.8 Å². The first-order valence-corrected chi connectivity index (χ1v) is 10.1. The summed E-state index contributed by atoms with van der Waals surface area (Å²) in [5, 5.41) is 25.8. The number of carbonyl (C=O) groups excluding carboxylic acids is 3. The summed E-state index contributed by atoms with van der Waals surface area (Å²) in [6, 6.07) is 4.57. The predicted molar refractivity (Wildman–Crippen MR) is 114 cm³/mol. The molecule has 31 heavy (non-hydrogen) atoms. The van der Waals surface area contributed by atoms with Crippen LogP contribution in [0.4, 0.5) is 0 Å². The van der Waals surface area contributed by atoms with Gasteiger partial charge in [0.15, 0.2) is 0 Å². The Bertz CT molecular complexity index is 755. The lowest BCUT2D eigenvalue weighted by Gasteiger charge is -2.24. The lowest BCUT2D eigenvalue weighted by atomic mass is 10.0. The van der Waals surface area contributed by atoms with Crippen molar-refractivity contribution in [1.29, 1.82) is 0 Å². The average Bonchev–Trinajstić information content (AvgIpc) is 2.72. The molecule has 10 heteroatoms. The maximum Gasteiger partial charge on any atom is 0.326 e. The van der Waals surface area contributed by atoms with Gasteiger partial charge in [-0.15, -0.1) is 0 Å². The van der Waals surface area contributed by atoms with Gasteiger partial charge in [-0.05, 0) is 24.8 Å². The lowest BCUT2D eigenvalue weighted by molar-refractivity contribution is -0.142. The molecule has 3 amide bonds. The largest absolute Gasteiger partial charge is 0.480 e. The Kier molecular flexibility index (Phi) is 10.6. The molecule has 0 spiro atoms. The summed E-state index contributed by atoms with van der Waals surface area (Å²) in [6.45, 7) is 4.51. The van der Waals surface area contributed by atoms with Gasteiger partial charge in [0.25, 0.3) is 0 Å². The van der Waals surface area contributed by atoms with Crippen molar-refractivity contribution in [2.45, 2.75) is 57.8 Å². The van der Waals surface area contributed by atoms with Gasteiger partial charge in [-0.1, -0.05) is 44.2 Å². The van der Waals surface area contributed by atoms with Crippen LogP contribution in [0.5, 0.6) is 0 Å². The highest BCUT2D eigenvalue weighted by molar-refractivity contribution is 5.94. The topological polar surface area (TPSA) is 171 Å². The van der Waals surface area contributed by atoms with Crippen molar-refractivity contribution in [2.75, 3.05) is 6.61 Å². The van der Waals surface area contributed by atoms with Crippen LogP contribution < -0.4 is 21.7 Å². The fourth-order valence-corrected chi connectivity index (χ4v) is 2.79. The van der Waals surface area contributed by atoms with Crippen molar-refractivity contribution in [2.24, 2.45) is 11.7 Å². The molecular weight excluding hydrogens is 404 g/mol. The van der Waals surface area contributed by atoms with Gasteiger partial charge in [-0.25, -0.2) is 4.79 Å². The fraction of sp³-hybridized carbons (Fsp3) is 0.524. The van der Waals surface area contributed by atoms with Crippen LogP contribution in [0.2, 0.25) is 0 Å². The zero-order valence-corrected chi connectivity index (χ0v) is 18.0. The number of aliphatic hydroxyl groups excluding tert-OH is 1. The number of rotatable bonds is 12. The van der Waals surface area contributed by atoms with Crippen LogP contribution in [-0.2, 0) is 25.6 Å². The van der Waals surface area contributed by atoms with Crippen molar-refractivity contribution in [3.63, 3.8) is 0 Å². The molecule has 0 radical (unpaired) electrons. The van der Waals surface area contributed by atoms with Crippen LogP contribution in [0, 0.1) is 5.92 Å². The van der Waals surface area contributed by atoms with Crippen molar-refractivity contribution in [3.8, 4) is 0 Å². The van der Waals surface area contributed by atoms with E-state index in [1.54, 1.807) is 24.3 Å². The number of hydrogen-bond acceptors (Lipinski definition) is 6. The summed E-state index contributed by atoms with van der Waals surface area (Å²) >= 11 is 0. The van der Waals surface area contributed by atoms with Crippen LogP contribution in [0.15, 0.2) is 30.3 Å². The number of aliphatic carboxylic acids is 1. The molecule has 0 aromatic heterocycles. The van der Waals surface area contributed by atoms with E-state index in [4.69, 9.17) is 10.8 Å². The monoisotopic (exact) mass is 436 g/mol. The molecule has 0 saturated heterocycles. The summed E-state index contributed by atoms with van der Waals surface area (Å²) in [5.41, 5.74) is 6.19. The minimum absolute atomic E-state index is 0.0366. The summed E-state index contributed by atoms with van der Waals surface area (Å²) in [4.78, 5) is 48.7. The van der Waals surface area contributed by atoms with Crippen LogP contribution in [0.1, 0.15) is 32.8 Å². The Labute approximate surface area is 181 Å². The smallest absolute Gasteiger partial charge is 0.326 e. The number of carbonyl (C=O) groups is 4. The second-order valence-electron chi connectivity index (χ2n) is 7.80. The van der Waals surface area contributed by atoms with Crippen molar-refractivity contribution < 1.29 is 29.4 Å². The zero-order valence-electron chi connectivity index (χ0n) is 18.0. The van der Waals surface area contributed by atoms with E-state index in [1.165, 1.54) is 6.92 Å². The maximum atomic E-state index is 12.8. The van der Waals surface area contributed by atoms with E-state index in [2.05, 4.69) is 16.0 Å². The van der Waals surface area contributed by atoms with Crippen LogP contribution in [-0.4, -0.2) is 64.7 Å². The van der Waals surface area contributed by atoms with Crippen molar-refractivity contribution >= 4 is 23.7 Å². The summed E-state index contributed by atoms with van der Waals surface area (Å²) in [7, 11) is 0. The first kappa shape index (κ1) is 26.1. The molecule has 0 aliphatic heterocycles. The van der Waals surface area contributed by atoms with Crippen LogP contribution in [0.3, 0.4) is 0 Å². The molecule has 1 aromatic carbocycles. The molecule has 4 atom stereocenters. The molecule has 0 saturated carbocycles. The number of nitrogens with two attached hydrogens (primary N) is 1. The Morgan fingerprint density at radius 1 is 0.903 bits per heavy atom. The third kappa shape index (κ3) is 9.14. The SMILES string of the molecule is CC(C)C[C@H](NC(=O)[C@H](Cc1ccccc1)NC(=O)[C@H](C)NC(=O)[C@@H](N)CO)C(=O)O. The number of aliphatic hydroxyl groups is 1. The van der Waals surface area contributed by atoms with Gasteiger partial charge in [0, 0.05) is 6.42 Å². The number of carboxylic acid groups (broad SMARTS) is 1. The molecule has 0 unspecified atom stereocenters. The highest BCUT2D eigenvalue weighted by Crippen LogP contribution is 2.08. The van der Waals surface area contributed by atoms with Gasteiger partial charge in [0.05, 0.1) is 6.61 Å². The third-order valence-electron chi connectivity index (χ3n) is 4.52. The van der Waals surface area contributed by atoms with E-state index < -0.39 is 54.5 Å². The Morgan fingerprint density at radius 2 is 1.48 bits per heavy atom. The van der Waals surface area contributed by atoms with Gasteiger partial charge < -0.3 is 31.9 Å². The number of amides is 3. The molecule has 10 nitrogen and oxygen atoms in total. The van der Waals surface area contributed by atoms with Gasteiger partial charge in [-0.3, -0.25) is 14.4 Å². The van der Waals surface area contributed by atoms with E-state index in [9.17, 15) is 24.3 Å². The van der Waals surface area contributed by atoms with Crippen LogP contribution in [0.25, 0.3) is 0 Å². The van der Waals surface area contributed by atoms with Gasteiger partial charge in [0.1, 0.15) is 24.2 Å². The van der Waals surface area contributed by atoms with Gasteiger partial charge in [-0.2, -0.15) is 0 Å². The molecule has 1 rings (SSSR count). The number of benzene rings is 1. The lowest BCUT2D eigenvalue weighted by Crippen LogP contribution is -2.57. The first-order chi connectivity index (χ1) is 14.5. The second-order valence-corrected chi connectivity index (χ2v) is 7.80. The molecule has 7 N–H and O–H groups in total. The van der Waals surface area contributed by atoms with Crippen LogP contribution >= 0.6 is 0 Å². The normalized spacial score (nSPS) is 14.8. The molecule has 0 aliphatic carbocycles. The number of hydrogen-bond donors (Lipinski definition) is 6. The Hall–Kier alpha value is -2.98. The summed E-state index contributed by atoms with van der Waals surface area (Å²) < 4.78 is 0. The third-order valence-corrected chi connectivity index (χ3v) is 4.52. The van der Waals surface area contributed by atoms with Crippen molar-refractivity contribution in [3.05, 3.63) is 35.9 Å². The molecular formula is C21H32N4O6. The second kappa shape index (κ2) is 12.7. The van der Waals surface area contributed by atoms with E-state index in [0.29, 0.717) is 0 Å². The molecule has 0 bridgehead atoms. The highest BCUT2D eigenvalue weighted by Gasteiger charge is 2.29.